The van der Waals surface area contributed by atoms with Gasteiger partial charge in [-0.2, -0.15) is 0 Å². The number of rotatable bonds is 4. The lowest BCUT2D eigenvalue weighted by Crippen LogP contribution is -2.39. The molecule has 0 unspecified atom stereocenters. The highest BCUT2D eigenvalue weighted by atomic mass is 16.1. The first-order valence-electron chi connectivity index (χ1n) is 6.05. The molecule has 94 valence electrons. The van der Waals surface area contributed by atoms with E-state index in [4.69, 9.17) is 5.73 Å². The van der Waals surface area contributed by atoms with Crippen molar-refractivity contribution in [3.8, 4) is 0 Å². The highest BCUT2D eigenvalue weighted by molar-refractivity contribution is 5.83. The Morgan fingerprint density at radius 1 is 1.22 bits per heavy atom. The standard InChI is InChI=1S/C15H18N2O/c1-11(15(16)18)17(2)10-12-7-8-13-5-3-4-6-14(13)9-12/h3-9,11H,10H2,1-2H3,(H2,16,18)/t11-/m0/s1. The molecule has 2 aromatic rings. The van der Waals surface area contributed by atoms with Crippen LogP contribution in [0.2, 0.25) is 0 Å². The van der Waals surface area contributed by atoms with Crippen molar-refractivity contribution in [2.24, 2.45) is 5.73 Å². The Morgan fingerprint density at radius 3 is 2.56 bits per heavy atom. The quantitative estimate of drug-likeness (QED) is 0.893. The van der Waals surface area contributed by atoms with Gasteiger partial charge in [-0.1, -0.05) is 36.4 Å². The topological polar surface area (TPSA) is 46.3 Å². The van der Waals surface area contributed by atoms with E-state index < -0.39 is 0 Å². The summed E-state index contributed by atoms with van der Waals surface area (Å²) in [6.07, 6.45) is 0. The number of carbonyl (C=O) groups is 1. The Labute approximate surface area is 107 Å². The van der Waals surface area contributed by atoms with Crippen LogP contribution in [0.15, 0.2) is 42.5 Å². The number of fused-ring (bicyclic) bond motifs is 1. The van der Waals surface area contributed by atoms with Gasteiger partial charge in [0, 0.05) is 6.54 Å². The SMILES string of the molecule is C[C@@H](C(N)=O)N(C)Cc1ccc2ccccc2c1. The van der Waals surface area contributed by atoms with E-state index in [0.29, 0.717) is 0 Å². The van der Waals surface area contributed by atoms with Crippen LogP contribution in [0.25, 0.3) is 10.8 Å². The third kappa shape index (κ3) is 2.68. The van der Waals surface area contributed by atoms with Crippen molar-refractivity contribution in [2.75, 3.05) is 7.05 Å². The molecule has 0 aliphatic carbocycles. The van der Waals surface area contributed by atoms with Crippen molar-refractivity contribution in [2.45, 2.75) is 19.5 Å². The average Bonchev–Trinajstić information content (AvgIpc) is 2.37. The zero-order valence-electron chi connectivity index (χ0n) is 10.8. The summed E-state index contributed by atoms with van der Waals surface area (Å²) in [4.78, 5) is 13.1. The van der Waals surface area contributed by atoms with E-state index in [0.717, 1.165) is 6.54 Å². The predicted molar refractivity (Wildman–Crippen MR) is 74.1 cm³/mol. The maximum atomic E-state index is 11.1. The van der Waals surface area contributed by atoms with Crippen LogP contribution in [0.4, 0.5) is 0 Å². The third-order valence-corrected chi connectivity index (χ3v) is 3.32. The minimum Gasteiger partial charge on any atom is -0.368 e. The number of hydrogen-bond acceptors (Lipinski definition) is 2. The number of hydrogen-bond donors (Lipinski definition) is 1. The summed E-state index contributed by atoms with van der Waals surface area (Å²) >= 11 is 0. The summed E-state index contributed by atoms with van der Waals surface area (Å²) < 4.78 is 0. The minimum absolute atomic E-state index is 0.253. The van der Waals surface area contributed by atoms with Crippen LogP contribution in [0, 0.1) is 0 Å². The molecule has 18 heavy (non-hydrogen) atoms. The fourth-order valence-corrected chi connectivity index (χ4v) is 1.98. The summed E-state index contributed by atoms with van der Waals surface area (Å²) in [5.74, 6) is -0.293. The molecule has 3 heteroatoms. The maximum Gasteiger partial charge on any atom is 0.234 e. The second kappa shape index (κ2) is 5.19. The van der Waals surface area contributed by atoms with Crippen LogP contribution in [0.1, 0.15) is 12.5 Å². The van der Waals surface area contributed by atoms with E-state index in [9.17, 15) is 4.79 Å². The minimum atomic E-state index is -0.293. The van der Waals surface area contributed by atoms with Crippen molar-refractivity contribution in [1.82, 2.24) is 4.90 Å². The van der Waals surface area contributed by atoms with Crippen LogP contribution >= 0.6 is 0 Å². The number of benzene rings is 2. The fourth-order valence-electron chi connectivity index (χ4n) is 1.98. The molecule has 1 atom stereocenters. The van der Waals surface area contributed by atoms with Crippen molar-refractivity contribution < 1.29 is 4.79 Å². The molecule has 0 saturated heterocycles. The second-order valence-electron chi connectivity index (χ2n) is 4.67. The molecule has 0 aliphatic rings. The molecule has 1 amide bonds. The Morgan fingerprint density at radius 2 is 1.89 bits per heavy atom. The van der Waals surface area contributed by atoms with E-state index in [2.05, 4.69) is 30.3 Å². The normalized spacial score (nSPS) is 12.8. The third-order valence-electron chi connectivity index (χ3n) is 3.32. The highest BCUT2D eigenvalue weighted by Gasteiger charge is 2.14. The lowest BCUT2D eigenvalue weighted by molar-refractivity contribution is -0.122. The van der Waals surface area contributed by atoms with Crippen molar-refractivity contribution in [3.05, 3.63) is 48.0 Å². The molecule has 0 fully saturated rings. The van der Waals surface area contributed by atoms with E-state index >= 15 is 0 Å². The first-order chi connectivity index (χ1) is 8.58. The molecule has 0 aliphatic heterocycles. The summed E-state index contributed by atoms with van der Waals surface area (Å²) in [7, 11) is 1.91. The highest BCUT2D eigenvalue weighted by Crippen LogP contribution is 2.17. The van der Waals surface area contributed by atoms with Crippen LogP contribution in [-0.2, 0) is 11.3 Å². The van der Waals surface area contributed by atoms with Gasteiger partial charge >= 0.3 is 0 Å². The van der Waals surface area contributed by atoms with Gasteiger partial charge in [0.05, 0.1) is 6.04 Å². The molecular formula is C15H18N2O. The maximum absolute atomic E-state index is 11.1. The van der Waals surface area contributed by atoms with Crippen LogP contribution in [0.5, 0.6) is 0 Å². The molecule has 0 bridgehead atoms. The summed E-state index contributed by atoms with van der Waals surface area (Å²) in [6, 6.07) is 14.3. The fraction of sp³-hybridized carbons (Fsp3) is 0.267. The van der Waals surface area contributed by atoms with E-state index in [1.54, 1.807) is 0 Å². The summed E-state index contributed by atoms with van der Waals surface area (Å²) in [5, 5.41) is 2.45. The number of nitrogens with two attached hydrogens (primary N) is 1. The Kier molecular flexibility index (Phi) is 3.63. The lowest BCUT2D eigenvalue weighted by Gasteiger charge is -2.22. The monoisotopic (exact) mass is 242 g/mol. The molecule has 2 rings (SSSR count). The largest absolute Gasteiger partial charge is 0.368 e. The van der Waals surface area contributed by atoms with E-state index in [1.807, 2.05) is 31.0 Å². The van der Waals surface area contributed by atoms with Crippen molar-refractivity contribution in [3.63, 3.8) is 0 Å². The summed E-state index contributed by atoms with van der Waals surface area (Å²) in [6.45, 7) is 2.54. The van der Waals surface area contributed by atoms with Gasteiger partial charge in [0.25, 0.3) is 0 Å². The molecule has 0 aromatic heterocycles. The van der Waals surface area contributed by atoms with Gasteiger partial charge in [-0.25, -0.2) is 0 Å². The average molecular weight is 242 g/mol. The smallest absolute Gasteiger partial charge is 0.234 e. The molecular weight excluding hydrogens is 224 g/mol. The van der Waals surface area contributed by atoms with E-state index in [1.165, 1.54) is 16.3 Å². The van der Waals surface area contributed by atoms with Gasteiger partial charge in [0.1, 0.15) is 0 Å². The number of carbonyl (C=O) groups excluding carboxylic acids is 1. The van der Waals surface area contributed by atoms with Gasteiger partial charge in [0.15, 0.2) is 0 Å². The van der Waals surface area contributed by atoms with E-state index in [-0.39, 0.29) is 11.9 Å². The van der Waals surface area contributed by atoms with Gasteiger partial charge < -0.3 is 5.73 Å². The van der Waals surface area contributed by atoms with Crippen LogP contribution < -0.4 is 5.73 Å². The lowest BCUT2D eigenvalue weighted by atomic mass is 10.1. The molecule has 0 radical (unpaired) electrons. The number of primary amides is 1. The first-order valence-corrected chi connectivity index (χ1v) is 6.05. The molecule has 0 saturated carbocycles. The number of amides is 1. The molecule has 0 spiro atoms. The predicted octanol–water partition coefficient (Wildman–Crippen LogP) is 2.15. The molecule has 2 N–H and O–H groups in total. The van der Waals surface area contributed by atoms with Crippen LogP contribution in [-0.4, -0.2) is 23.9 Å². The Bertz CT molecular complexity index is 565. The molecule has 2 aromatic carbocycles. The second-order valence-corrected chi connectivity index (χ2v) is 4.67. The van der Waals surface area contributed by atoms with Crippen molar-refractivity contribution in [1.29, 1.82) is 0 Å². The number of likely N-dealkylation sites (N-methyl/N-ethyl adjacent to an activating group) is 1. The molecule has 0 heterocycles. The van der Waals surface area contributed by atoms with Crippen LogP contribution in [0.3, 0.4) is 0 Å². The Balaban J connectivity index is 2.19. The Hall–Kier alpha value is -1.87. The zero-order chi connectivity index (χ0) is 13.1. The van der Waals surface area contributed by atoms with Crippen molar-refractivity contribution >= 4 is 16.7 Å². The molecule has 3 nitrogen and oxygen atoms in total. The number of nitrogens with zero attached hydrogens (tertiary/aromatic N) is 1. The van der Waals surface area contributed by atoms with Gasteiger partial charge in [-0.15, -0.1) is 0 Å². The first kappa shape index (κ1) is 12.6. The van der Waals surface area contributed by atoms with Gasteiger partial charge in [-0.3, -0.25) is 9.69 Å². The van der Waals surface area contributed by atoms with Gasteiger partial charge in [-0.05, 0) is 36.4 Å². The zero-order valence-corrected chi connectivity index (χ0v) is 10.8. The summed E-state index contributed by atoms with van der Waals surface area (Å²) in [5.41, 5.74) is 6.49. The van der Waals surface area contributed by atoms with Gasteiger partial charge in [0.2, 0.25) is 5.91 Å².